The predicted molar refractivity (Wildman–Crippen MR) is 261 cm³/mol. The molecule has 62 heavy (non-hydrogen) atoms. The zero-order valence-electron chi connectivity index (χ0n) is 40.3. The van der Waals surface area contributed by atoms with E-state index in [1.165, 1.54) is 0 Å². The van der Waals surface area contributed by atoms with Gasteiger partial charge >= 0.3 is 7.12 Å². The first-order valence-corrected chi connectivity index (χ1v) is 27.2. The van der Waals surface area contributed by atoms with Crippen molar-refractivity contribution in [2.75, 3.05) is 0 Å². The Labute approximate surface area is 379 Å². The summed E-state index contributed by atoms with van der Waals surface area (Å²) in [5.74, 6) is -0.418. The van der Waals surface area contributed by atoms with E-state index in [1.807, 2.05) is 66.3 Å². The van der Waals surface area contributed by atoms with E-state index < -0.39 is 16.5 Å². The summed E-state index contributed by atoms with van der Waals surface area (Å²) in [6, 6.07) is 3.77. The van der Waals surface area contributed by atoms with E-state index in [4.69, 9.17) is 14.3 Å². The number of rotatable bonds is 10. The Kier molecular flexibility index (Phi) is 14.9. The molecule has 0 atom stereocenters. The highest BCUT2D eigenvalue weighted by Crippen LogP contribution is 2.46. The molecule has 1 fully saturated rings. The van der Waals surface area contributed by atoms with Crippen LogP contribution in [0.1, 0.15) is 111 Å². The van der Waals surface area contributed by atoms with Gasteiger partial charge in [-0.05, 0) is 101 Å². The average Bonchev–Trinajstić information content (AvgIpc) is 4.00. The van der Waals surface area contributed by atoms with Crippen LogP contribution in [-0.2, 0) is 23.4 Å². The smallest absolute Gasteiger partial charge is 0.399 e. The summed E-state index contributed by atoms with van der Waals surface area (Å²) in [5, 5.41) is 9.48. The molecule has 7 rings (SSSR count). The summed E-state index contributed by atoms with van der Waals surface area (Å²) in [6.07, 6.45) is 14.6. The summed E-state index contributed by atoms with van der Waals surface area (Å²) >= 11 is 3.23. The van der Waals surface area contributed by atoms with Crippen LogP contribution in [0.4, 0.5) is 8.78 Å². The zero-order valence-corrected chi connectivity index (χ0v) is 43.9. The fraction of sp³-hybridized carbons (Fsp3) is 0.565. The highest BCUT2D eigenvalue weighted by Gasteiger charge is 2.52. The number of hydrogen-bond acceptors (Lipinski definition) is 6. The highest BCUT2D eigenvalue weighted by molar-refractivity contribution is 9.10. The third-order valence-corrected chi connectivity index (χ3v) is 27.9. The first kappa shape index (κ1) is 49.6. The second kappa shape index (κ2) is 18.6. The fourth-order valence-electron chi connectivity index (χ4n) is 10.7. The van der Waals surface area contributed by atoms with Crippen LogP contribution in [0.2, 0.25) is 33.2 Å². The average molecular weight is 952 g/mol. The van der Waals surface area contributed by atoms with Crippen LogP contribution >= 0.6 is 15.9 Å². The minimum Gasteiger partial charge on any atom is -0.399 e. The molecule has 1 aliphatic rings. The number of nitrogens with zero attached hydrogens (tertiary/aromatic N) is 8. The summed E-state index contributed by atoms with van der Waals surface area (Å²) in [7, 11) is -0.432. The lowest BCUT2D eigenvalue weighted by Crippen LogP contribution is -2.51. The molecule has 338 valence electrons. The van der Waals surface area contributed by atoms with Crippen molar-refractivity contribution < 1.29 is 18.1 Å². The molecule has 7 heterocycles. The normalized spacial score (nSPS) is 15.5. The zero-order chi connectivity index (χ0) is 46.4. The number of fused-ring (bicyclic) bond motifs is 2. The van der Waals surface area contributed by atoms with Gasteiger partial charge in [-0.1, -0.05) is 83.1 Å². The largest absolute Gasteiger partial charge is 0.498 e. The van der Waals surface area contributed by atoms with Crippen molar-refractivity contribution in [1.82, 2.24) is 38.0 Å². The molecule has 6 aromatic heterocycles. The van der Waals surface area contributed by atoms with Crippen LogP contribution in [0.15, 0.2) is 66.2 Å². The molecule has 1 aliphatic heterocycles. The van der Waals surface area contributed by atoms with Gasteiger partial charge in [0.2, 0.25) is 0 Å². The van der Waals surface area contributed by atoms with Gasteiger partial charge in [-0.3, -0.25) is 9.36 Å². The van der Waals surface area contributed by atoms with Gasteiger partial charge in [0.1, 0.15) is 22.9 Å². The van der Waals surface area contributed by atoms with Gasteiger partial charge in [-0.2, -0.15) is 10.2 Å². The number of aromatic nitrogens is 8. The van der Waals surface area contributed by atoms with Gasteiger partial charge in [0.25, 0.3) is 0 Å². The summed E-state index contributed by atoms with van der Waals surface area (Å²) < 4.78 is 49.9. The molecular weight excluding hydrogens is 881 g/mol. The molecule has 0 aromatic carbocycles. The Bertz CT molecular complexity index is 2410. The number of hydrogen-bond donors (Lipinski definition) is 0. The van der Waals surface area contributed by atoms with E-state index in [9.17, 15) is 4.39 Å². The maximum Gasteiger partial charge on any atom is 0.498 e. The van der Waals surface area contributed by atoms with Gasteiger partial charge < -0.3 is 17.8 Å². The molecule has 0 bridgehead atoms. The number of halogens is 3. The van der Waals surface area contributed by atoms with Crippen molar-refractivity contribution in [3.05, 3.63) is 77.8 Å². The Morgan fingerprint density at radius 3 is 1.39 bits per heavy atom. The lowest BCUT2D eigenvalue weighted by Gasteiger charge is -2.44. The minimum atomic E-state index is -1.96. The van der Waals surface area contributed by atoms with E-state index >= 15 is 4.39 Å². The third-order valence-electron chi connectivity index (χ3n) is 13.9. The molecule has 0 unspecified atom stereocenters. The maximum atomic E-state index is 15.3. The standard InChI is InChI=1S/C20H29FN4Si.C16H24BrFN2Si.C10H17BN2O2/c1-13(2)26(14(3)4,15(5)6)25-9-8-17-19(21)18(11-22-20(17)25)16-10-23-24(7)12-16;1-10(2)21(11(3)4,12(5)6)20-8-7-13-15(18)14(17)9-19-16(13)20;1-9(2)10(3,4)15-11(14-9)8-6-12-13(5)7-8/h8-15H,1-7H3;7-12H,1-6H3;6-7H,1-5H3. The molecule has 0 saturated carbocycles. The third kappa shape index (κ3) is 8.71. The molecule has 0 spiro atoms. The maximum absolute atomic E-state index is 15.3. The lowest BCUT2D eigenvalue weighted by atomic mass is 9.82. The van der Waals surface area contributed by atoms with Crippen molar-refractivity contribution in [2.24, 2.45) is 14.1 Å². The van der Waals surface area contributed by atoms with Crippen LogP contribution in [0.5, 0.6) is 0 Å². The van der Waals surface area contributed by atoms with E-state index in [0.717, 1.165) is 22.3 Å². The van der Waals surface area contributed by atoms with Crippen LogP contribution in [0.3, 0.4) is 0 Å². The molecule has 0 aliphatic carbocycles. The van der Waals surface area contributed by atoms with Gasteiger partial charge in [0.15, 0.2) is 16.5 Å². The van der Waals surface area contributed by atoms with E-state index in [2.05, 4.69) is 135 Å². The molecule has 1 saturated heterocycles. The van der Waals surface area contributed by atoms with Crippen LogP contribution in [0, 0.1) is 11.6 Å². The number of pyridine rings is 2. The SMILES string of the molecule is CC(C)[Si](C(C)C)(C(C)C)n1ccc2c(F)c(-c3cnn(C)c3)cnc21.CC(C)[Si](C(C)C)(C(C)C)n1ccc2c(F)c(Br)cnc21.Cn1cc(B2OC(C)(C)C(C)(C)O2)cn1. The Hall–Kier alpha value is -3.44. The van der Waals surface area contributed by atoms with Crippen LogP contribution < -0.4 is 5.46 Å². The van der Waals surface area contributed by atoms with Crippen LogP contribution in [0.25, 0.3) is 33.2 Å². The lowest BCUT2D eigenvalue weighted by molar-refractivity contribution is 0.00578. The Balaban J connectivity index is 0.000000182. The van der Waals surface area contributed by atoms with Gasteiger partial charge in [0, 0.05) is 61.7 Å². The van der Waals surface area contributed by atoms with Gasteiger partial charge in [-0.25, -0.2) is 18.7 Å². The van der Waals surface area contributed by atoms with Crippen molar-refractivity contribution in [3.8, 4) is 11.1 Å². The Morgan fingerprint density at radius 1 is 0.597 bits per heavy atom. The quantitative estimate of drug-likeness (QED) is 0.127. The predicted octanol–water partition coefficient (Wildman–Crippen LogP) is 12.3. The molecule has 0 amide bonds. The van der Waals surface area contributed by atoms with Crippen molar-refractivity contribution in [3.63, 3.8) is 0 Å². The van der Waals surface area contributed by atoms with Crippen molar-refractivity contribution >= 4 is 67.0 Å². The fourth-order valence-corrected chi connectivity index (χ4v) is 24.1. The molecule has 0 radical (unpaired) electrons. The van der Waals surface area contributed by atoms with Gasteiger partial charge in [-0.15, -0.1) is 0 Å². The first-order chi connectivity index (χ1) is 28.8. The molecule has 10 nitrogen and oxygen atoms in total. The van der Waals surface area contributed by atoms with E-state index in [0.29, 0.717) is 54.1 Å². The second-order valence-electron chi connectivity index (χ2n) is 19.9. The second-order valence-corrected chi connectivity index (χ2v) is 32.2. The monoisotopic (exact) mass is 950 g/mol. The summed E-state index contributed by atoms with van der Waals surface area (Å²) in [4.78, 5) is 9.25. The molecular formula is C46H70BBrF2N8O2Si2. The van der Waals surface area contributed by atoms with E-state index in [1.54, 1.807) is 34.2 Å². The summed E-state index contributed by atoms with van der Waals surface area (Å²) in [6.45, 7) is 35.8. The Morgan fingerprint density at radius 2 is 1.00 bits per heavy atom. The molecule has 16 heteroatoms. The first-order valence-electron chi connectivity index (χ1n) is 22.1. The summed E-state index contributed by atoms with van der Waals surface area (Å²) in [5.41, 5.74) is 6.49. The topological polar surface area (TPSA) is 89.7 Å². The molecule has 0 N–H and O–H groups in total. The van der Waals surface area contributed by atoms with Crippen molar-refractivity contribution in [2.45, 2.75) is 155 Å². The van der Waals surface area contributed by atoms with E-state index in [-0.39, 0.29) is 30.0 Å². The van der Waals surface area contributed by atoms with Gasteiger partial charge in [0.05, 0.1) is 32.6 Å². The molecule has 6 aromatic rings. The van der Waals surface area contributed by atoms with Crippen molar-refractivity contribution in [1.29, 1.82) is 0 Å². The highest BCUT2D eigenvalue weighted by atomic mass is 79.9. The minimum absolute atomic E-state index is 0.207. The number of aryl methyl sites for hydroxylation is 2. The van der Waals surface area contributed by atoms with Crippen LogP contribution in [-0.4, -0.2) is 72.8 Å².